The van der Waals surface area contributed by atoms with E-state index in [1.54, 1.807) is 32.5 Å². The molecule has 2 aromatic carbocycles. The van der Waals surface area contributed by atoms with Gasteiger partial charge in [-0.2, -0.15) is 0 Å². The number of thiazole rings is 2. The molecule has 0 bridgehead atoms. The third kappa shape index (κ3) is 10.3. The molecule has 0 saturated heterocycles. The van der Waals surface area contributed by atoms with Gasteiger partial charge in [0, 0.05) is 25.5 Å². The minimum absolute atomic E-state index is 0.0699. The van der Waals surface area contributed by atoms with Gasteiger partial charge < -0.3 is 20.4 Å². The van der Waals surface area contributed by atoms with E-state index in [-0.39, 0.29) is 11.8 Å². The Hall–Kier alpha value is -4.42. The molecule has 12 heteroatoms. The fourth-order valence-corrected chi connectivity index (χ4v) is 7.70. The van der Waals surface area contributed by atoms with Crippen LogP contribution in [0, 0.1) is 0 Å². The highest BCUT2D eigenvalue weighted by Crippen LogP contribution is 2.32. The molecule has 2 aromatic heterocycles. The number of benzene rings is 2. The van der Waals surface area contributed by atoms with Gasteiger partial charge in [0.1, 0.15) is 22.1 Å². The molecule has 0 aliphatic rings. The van der Waals surface area contributed by atoms with E-state index in [9.17, 15) is 19.2 Å². The van der Waals surface area contributed by atoms with Gasteiger partial charge in [-0.05, 0) is 47.9 Å². The van der Waals surface area contributed by atoms with Crippen molar-refractivity contribution in [1.82, 2.24) is 30.4 Å². The van der Waals surface area contributed by atoms with E-state index >= 15 is 0 Å². The molecule has 10 nitrogen and oxygen atoms in total. The average Bonchev–Trinajstić information content (AvgIpc) is 3.81. The van der Waals surface area contributed by atoms with Crippen molar-refractivity contribution in [1.29, 1.82) is 0 Å². The smallest absolute Gasteiger partial charge is 0.245 e. The van der Waals surface area contributed by atoms with Crippen LogP contribution in [0.4, 0.5) is 0 Å². The molecule has 0 aliphatic carbocycles. The Morgan fingerprint density at radius 3 is 1.30 bits per heavy atom. The molecule has 0 saturated carbocycles. The molecule has 4 rings (SSSR count). The average molecular weight is 717 g/mol. The lowest BCUT2D eigenvalue weighted by atomic mass is 10.0. The van der Waals surface area contributed by atoms with Gasteiger partial charge in [0.15, 0.2) is 0 Å². The zero-order chi connectivity index (χ0) is 35.9. The van der Waals surface area contributed by atoms with Crippen LogP contribution >= 0.6 is 22.7 Å². The Morgan fingerprint density at radius 2 is 0.980 bits per heavy atom. The number of hydrogen-bond donors (Lipinski definition) is 2. The van der Waals surface area contributed by atoms with Crippen LogP contribution < -0.4 is 10.6 Å². The van der Waals surface area contributed by atoms with E-state index in [0.717, 1.165) is 67.7 Å². The molecule has 2 heterocycles. The van der Waals surface area contributed by atoms with Crippen LogP contribution in [-0.4, -0.2) is 69.6 Å². The van der Waals surface area contributed by atoms with Crippen molar-refractivity contribution in [2.75, 3.05) is 13.1 Å². The summed E-state index contributed by atoms with van der Waals surface area (Å²) in [6.45, 7) is 10.1. The lowest BCUT2D eigenvalue weighted by molar-refractivity contribution is -0.136. The van der Waals surface area contributed by atoms with Gasteiger partial charge in [-0.15, -0.1) is 22.7 Å². The van der Waals surface area contributed by atoms with E-state index in [4.69, 9.17) is 0 Å². The first-order chi connectivity index (χ1) is 24.3. The minimum atomic E-state index is -0.514. The molecule has 0 aliphatic heterocycles. The van der Waals surface area contributed by atoms with Crippen molar-refractivity contribution in [3.05, 3.63) is 70.9 Å². The maximum atomic E-state index is 13.2. The molecule has 0 radical (unpaired) electrons. The summed E-state index contributed by atoms with van der Waals surface area (Å²) < 4.78 is 0. The first kappa shape index (κ1) is 38.4. The van der Waals surface area contributed by atoms with Gasteiger partial charge in [-0.3, -0.25) is 19.2 Å². The predicted molar refractivity (Wildman–Crippen MR) is 201 cm³/mol. The van der Waals surface area contributed by atoms with Crippen LogP contribution in [-0.2, 0) is 32.3 Å². The number of aromatic nitrogens is 2. The molecule has 0 fully saturated rings. The van der Waals surface area contributed by atoms with Gasteiger partial charge in [0.2, 0.25) is 24.6 Å². The third-order valence-electron chi connectivity index (χ3n) is 8.33. The molecule has 2 N–H and O–H groups in total. The molecular weight excluding hydrogens is 669 g/mol. The van der Waals surface area contributed by atoms with Crippen molar-refractivity contribution in [2.24, 2.45) is 0 Å². The zero-order valence-electron chi connectivity index (χ0n) is 29.4. The predicted octanol–water partition coefficient (Wildman–Crippen LogP) is 6.91. The molecule has 0 spiro atoms. The summed E-state index contributed by atoms with van der Waals surface area (Å²) in [6, 6.07) is 15.8. The Kier molecular flexibility index (Phi) is 15.1. The summed E-state index contributed by atoms with van der Waals surface area (Å²) in [4.78, 5) is 63.4. The number of nitrogens with zero attached hydrogens (tertiary/aromatic N) is 4. The molecule has 50 heavy (non-hydrogen) atoms. The second kappa shape index (κ2) is 19.7. The second-order valence-electron chi connectivity index (χ2n) is 12.2. The van der Waals surface area contributed by atoms with E-state index in [2.05, 4.69) is 69.1 Å². The van der Waals surface area contributed by atoms with Gasteiger partial charge >= 0.3 is 0 Å². The fourth-order valence-electron chi connectivity index (χ4n) is 5.83. The lowest BCUT2D eigenvalue weighted by Gasteiger charge is -2.26. The number of nitrogens with one attached hydrogen (secondary N) is 2. The van der Waals surface area contributed by atoms with Crippen molar-refractivity contribution in [3.8, 4) is 32.0 Å². The number of rotatable bonds is 21. The highest BCUT2D eigenvalue weighted by molar-refractivity contribution is 7.15. The molecule has 4 aromatic rings. The maximum Gasteiger partial charge on any atom is 0.245 e. The summed E-state index contributed by atoms with van der Waals surface area (Å²) in [6.07, 6.45) is 9.38. The summed E-state index contributed by atoms with van der Waals surface area (Å²) >= 11 is 3.15. The van der Waals surface area contributed by atoms with Crippen molar-refractivity contribution < 1.29 is 19.2 Å². The van der Waals surface area contributed by atoms with E-state index in [1.165, 1.54) is 0 Å². The molecule has 0 unspecified atom stereocenters. The Morgan fingerprint density at radius 1 is 0.620 bits per heavy atom. The van der Waals surface area contributed by atoms with Crippen molar-refractivity contribution in [2.45, 2.75) is 91.4 Å². The van der Waals surface area contributed by atoms with Crippen LogP contribution in [0.2, 0.25) is 0 Å². The van der Waals surface area contributed by atoms with E-state index < -0.39 is 12.1 Å². The Bertz CT molecular complexity index is 1550. The summed E-state index contributed by atoms with van der Waals surface area (Å²) in [5.41, 5.74) is 4.31. The summed E-state index contributed by atoms with van der Waals surface area (Å²) in [7, 11) is 0. The van der Waals surface area contributed by atoms with Gasteiger partial charge in [-0.1, -0.05) is 89.1 Å². The third-order valence-corrected chi connectivity index (χ3v) is 10.4. The molecule has 2 atom stereocenters. The topological polar surface area (TPSA) is 125 Å². The van der Waals surface area contributed by atoms with Crippen LogP contribution in [0.5, 0.6) is 0 Å². The van der Waals surface area contributed by atoms with Crippen molar-refractivity contribution >= 4 is 47.3 Å². The quantitative estimate of drug-likeness (QED) is 0.0904. The van der Waals surface area contributed by atoms with Gasteiger partial charge in [0.25, 0.3) is 0 Å². The number of carbonyl (C=O) groups excluding carboxylic acids is 4. The zero-order valence-corrected chi connectivity index (χ0v) is 31.0. The summed E-state index contributed by atoms with van der Waals surface area (Å²) in [5.74, 6) is -0.140. The maximum absolute atomic E-state index is 13.2. The highest BCUT2D eigenvalue weighted by Gasteiger charge is 2.25. The first-order valence-corrected chi connectivity index (χ1v) is 19.1. The van der Waals surface area contributed by atoms with E-state index in [1.807, 2.05) is 40.1 Å². The molecule has 4 amide bonds. The largest absolute Gasteiger partial charge is 0.347 e. The second-order valence-corrected chi connectivity index (χ2v) is 14.4. The Balaban J connectivity index is 1.40. The normalized spacial score (nSPS) is 12.2. The molecular formula is C38H48N6O4S2. The monoisotopic (exact) mass is 716 g/mol. The van der Waals surface area contributed by atoms with E-state index in [0.29, 0.717) is 51.8 Å². The minimum Gasteiger partial charge on any atom is -0.347 e. The Labute approximate surface area is 303 Å². The van der Waals surface area contributed by atoms with Crippen LogP contribution in [0.25, 0.3) is 32.0 Å². The van der Waals surface area contributed by atoms with Crippen molar-refractivity contribution in [3.63, 3.8) is 0 Å². The lowest BCUT2D eigenvalue weighted by Crippen LogP contribution is -2.46. The number of hydrogen-bond acceptors (Lipinski definition) is 8. The van der Waals surface area contributed by atoms with Crippen LogP contribution in [0.3, 0.4) is 0 Å². The van der Waals surface area contributed by atoms with Gasteiger partial charge in [-0.25, -0.2) is 9.97 Å². The highest BCUT2D eigenvalue weighted by atomic mass is 32.1. The van der Waals surface area contributed by atoms with Crippen LogP contribution in [0.15, 0.2) is 60.9 Å². The standard InChI is InChI=1S/C38H48N6O4S2/c1-5-9-31(41-25-45)37(47)43(19-7-3)23-35-39-21-33(49-35)29-15-11-27(12-16-29)28-13-17-30(18-14-28)34-22-40-36(50-34)24-44(20-8-4)38(48)32(10-6-2)42-26-46/h11-18,21-22,25-26,31-32H,5-10,19-20,23-24H2,1-4H3,(H,41,45)(H,42,46)/t31-,32-/m0/s1. The van der Waals surface area contributed by atoms with Crippen LogP contribution in [0.1, 0.15) is 76.2 Å². The number of carbonyl (C=O) groups is 4. The fraction of sp³-hybridized carbons (Fsp3) is 0.421. The van der Waals surface area contributed by atoms with Gasteiger partial charge in [0.05, 0.1) is 22.8 Å². The molecule has 266 valence electrons. The first-order valence-electron chi connectivity index (χ1n) is 17.4. The number of amides is 4. The SMILES string of the molecule is CCC[C@H](NC=O)C(=O)N(CCC)Cc1ncc(-c2ccc(-c3ccc(-c4cnc(CN(CCC)C(=O)[C@H](CCC)NC=O)s4)cc3)cc2)s1. The summed E-state index contributed by atoms with van der Waals surface area (Å²) in [5, 5.41) is 7.07.